The molecule has 16 heteroatoms. The molecule has 3 N–H and O–H groups in total. The molecule has 57 heavy (non-hydrogen) atoms. The fraction of sp³-hybridized carbons (Fsp3) is 0.366. The van der Waals surface area contributed by atoms with E-state index in [4.69, 9.17) is 10.5 Å². The standard InChI is InChI=1S/C41H43F3N8O5/c1-6-50-16-18-51(19-17-50)36(54)29-13-12-28(22-31(29)41(42,43)44)47-34(53)21-26-9-7-8-25(20-26)10-11-27-24-46-38(45)48-35(27)33-23-30-32(49(33)5)14-15-52(37(30)55)39(56)57-40(2,3)4/h7-9,12-13,20,22-24H,6,14-19,21H2,1-5H3,(H,47,53)(H2,45,46,48). The van der Waals surface area contributed by atoms with Crippen molar-refractivity contribution in [1.29, 1.82) is 0 Å². The number of nitrogens with zero attached hydrogens (tertiary/aromatic N) is 6. The number of nitrogens with one attached hydrogen (secondary N) is 1. The predicted molar refractivity (Wildman–Crippen MR) is 206 cm³/mol. The van der Waals surface area contributed by atoms with Gasteiger partial charge in [-0.15, -0.1) is 0 Å². The molecule has 298 valence electrons. The van der Waals surface area contributed by atoms with E-state index in [2.05, 4.69) is 32.0 Å². The Bertz CT molecular complexity index is 2300. The normalized spacial score (nSPS) is 14.8. The number of halogens is 3. The fourth-order valence-electron chi connectivity index (χ4n) is 6.77. The van der Waals surface area contributed by atoms with Crippen molar-refractivity contribution in [2.75, 3.05) is 50.3 Å². The average Bonchev–Trinajstić information content (AvgIpc) is 3.49. The van der Waals surface area contributed by atoms with Crippen LogP contribution in [0.25, 0.3) is 11.4 Å². The first-order chi connectivity index (χ1) is 26.9. The van der Waals surface area contributed by atoms with Gasteiger partial charge in [-0.2, -0.15) is 13.2 Å². The van der Waals surface area contributed by atoms with Gasteiger partial charge in [-0.3, -0.25) is 14.4 Å². The second-order valence-electron chi connectivity index (χ2n) is 14.8. The average molecular weight is 785 g/mol. The molecule has 0 unspecified atom stereocenters. The first-order valence-corrected chi connectivity index (χ1v) is 18.4. The maximum Gasteiger partial charge on any atom is 0.417 e. The van der Waals surface area contributed by atoms with Gasteiger partial charge in [0.2, 0.25) is 11.9 Å². The molecule has 0 atom stereocenters. The summed E-state index contributed by atoms with van der Waals surface area (Å²) in [5.41, 5.74) is 6.93. The number of hydrogen-bond donors (Lipinski definition) is 2. The van der Waals surface area contributed by atoms with E-state index >= 15 is 0 Å². The third-order valence-electron chi connectivity index (χ3n) is 9.65. The number of likely N-dealkylation sites (N-methyl/N-ethyl adjacent to an activating group) is 1. The zero-order valence-electron chi connectivity index (χ0n) is 32.3. The summed E-state index contributed by atoms with van der Waals surface area (Å²) in [7, 11) is 1.78. The van der Waals surface area contributed by atoms with Crippen molar-refractivity contribution >= 4 is 35.5 Å². The van der Waals surface area contributed by atoms with Crippen LogP contribution in [0.4, 0.5) is 29.6 Å². The molecule has 0 aliphatic carbocycles. The molecule has 13 nitrogen and oxygen atoms in total. The largest absolute Gasteiger partial charge is 0.443 e. The highest BCUT2D eigenvalue weighted by atomic mass is 19.4. The molecule has 6 rings (SSSR count). The lowest BCUT2D eigenvalue weighted by molar-refractivity contribution is -0.138. The number of anilines is 2. The van der Waals surface area contributed by atoms with Crippen molar-refractivity contribution in [3.63, 3.8) is 0 Å². The quantitative estimate of drug-likeness (QED) is 0.246. The Kier molecular flexibility index (Phi) is 11.4. The number of piperazine rings is 1. The summed E-state index contributed by atoms with van der Waals surface area (Å²) in [6.45, 7) is 9.92. The van der Waals surface area contributed by atoms with Gasteiger partial charge in [0.15, 0.2) is 0 Å². The lowest BCUT2D eigenvalue weighted by Crippen LogP contribution is -2.48. The van der Waals surface area contributed by atoms with E-state index in [-0.39, 0.29) is 24.6 Å². The van der Waals surface area contributed by atoms with Crippen molar-refractivity contribution in [3.8, 4) is 23.2 Å². The second kappa shape index (κ2) is 16.1. The van der Waals surface area contributed by atoms with Crippen molar-refractivity contribution in [1.82, 2.24) is 29.2 Å². The van der Waals surface area contributed by atoms with Crippen LogP contribution >= 0.6 is 0 Å². The summed E-state index contributed by atoms with van der Waals surface area (Å²) in [5.74, 6) is 4.33. The van der Waals surface area contributed by atoms with E-state index in [1.807, 2.05) is 11.5 Å². The molecule has 0 spiro atoms. The number of aromatic nitrogens is 3. The lowest BCUT2D eigenvalue weighted by Gasteiger charge is -2.34. The van der Waals surface area contributed by atoms with Crippen LogP contribution in [0.3, 0.4) is 0 Å². The van der Waals surface area contributed by atoms with Gasteiger partial charge in [0, 0.05) is 69.3 Å². The minimum absolute atomic E-state index is 0.0153. The number of nitrogen functional groups attached to an aromatic ring is 1. The number of nitrogens with two attached hydrogens (primary N) is 1. The number of alkyl halides is 3. The number of carbonyl (C=O) groups excluding carboxylic acids is 4. The Labute approximate surface area is 328 Å². The van der Waals surface area contributed by atoms with E-state index in [1.54, 1.807) is 58.2 Å². The Morgan fingerprint density at radius 2 is 1.72 bits per heavy atom. The monoisotopic (exact) mass is 784 g/mol. The maximum atomic E-state index is 14.2. The molecule has 0 bridgehead atoms. The van der Waals surface area contributed by atoms with Crippen molar-refractivity contribution in [2.24, 2.45) is 7.05 Å². The van der Waals surface area contributed by atoms with Crippen molar-refractivity contribution < 1.29 is 37.1 Å². The Morgan fingerprint density at radius 1 is 0.982 bits per heavy atom. The molecule has 4 aromatic rings. The van der Waals surface area contributed by atoms with Gasteiger partial charge in [-0.1, -0.05) is 30.9 Å². The fourth-order valence-corrected chi connectivity index (χ4v) is 6.77. The van der Waals surface area contributed by atoms with E-state index in [0.29, 0.717) is 71.9 Å². The van der Waals surface area contributed by atoms with E-state index in [0.717, 1.165) is 23.6 Å². The third-order valence-corrected chi connectivity index (χ3v) is 9.65. The summed E-state index contributed by atoms with van der Waals surface area (Å²) in [5, 5.41) is 2.53. The number of hydrogen-bond acceptors (Lipinski definition) is 9. The van der Waals surface area contributed by atoms with Crippen LogP contribution in [0.5, 0.6) is 0 Å². The predicted octanol–water partition coefficient (Wildman–Crippen LogP) is 5.38. The smallest absolute Gasteiger partial charge is 0.417 e. The summed E-state index contributed by atoms with van der Waals surface area (Å²) >= 11 is 0. The molecule has 4 heterocycles. The minimum Gasteiger partial charge on any atom is -0.443 e. The zero-order valence-corrected chi connectivity index (χ0v) is 32.3. The Morgan fingerprint density at radius 3 is 2.40 bits per heavy atom. The Balaban J connectivity index is 1.18. The lowest BCUT2D eigenvalue weighted by atomic mass is 10.0. The molecular formula is C41H43F3N8O5. The molecule has 2 aliphatic rings. The molecule has 2 aromatic heterocycles. The summed E-state index contributed by atoms with van der Waals surface area (Å²) in [6, 6.07) is 11.6. The molecule has 4 amide bonds. The summed E-state index contributed by atoms with van der Waals surface area (Å²) in [4.78, 5) is 65.5. The first-order valence-electron chi connectivity index (χ1n) is 18.4. The number of rotatable bonds is 6. The van der Waals surface area contributed by atoms with Gasteiger partial charge >= 0.3 is 12.3 Å². The van der Waals surface area contributed by atoms with Crippen molar-refractivity contribution in [3.05, 3.63) is 93.8 Å². The highest BCUT2D eigenvalue weighted by molar-refractivity contribution is 6.05. The van der Waals surface area contributed by atoms with Crippen molar-refractivity contribution in [2.45, 2.75) is 52.3 Å². The second-order valence-corrected chi connectivity index (χ2v) is 14.8. The highest BCUT2D eigenvalue weighted by Crippen LogP contribution is 2.35. The van der Waals surface area contributed by atoms with Gasteiger partial charge in [-0.05, 0) is 69.3 Å². The van der Waals surface area contributed by atoms with E-state index < -0.39 is 46.7 Å². The highest BCUT2D eigenvalue weighted by Gasteiger charge is 2.38. The third kappa shape index (κ3) is 9.26. The van der Waals surface area contributed by atoms with Crippen LogP contribution in [0.1, 0.15) is 76.4 Å². The number of benzene rings is 2. The van der Waals surface area contributed by atoms with Crippen LogP contribution in [-0.2, 0) is 35.6 Å². The Hall–Kier alpha value is -6.21. The summed E-state index contributed by atoms with van der Waals surface area (Å²) < 4.78 is 49.7. The van der Waals surface area contributed by atoms with Crippen LogP contribution in [-0.4, -0.2) is 97.9 Å². The van der Waals surface area contributed by atoms with Crippen LogP contribution in [0.15, 0.2) is 54.7 Å². The molecule has 0 radical (unpaired) electrons. The molecule has 1 fully saturated rings. The first kappa shape index (κ1) is 40.5. The molecule has 1 saturated heterocycles. The number of amides is 4. The van der Waals surface area contributed by atoms with Gasteiger partial charge in [0.1, 0.15) is 11.3 Å². The van der Waals surface area contributed by atoms with Gasteiger partial charge in [0.05, 0.1) is 34.4 Å². The van der Waals surface area contributed by atoms with E-state index in [9.17, 15) is 32.3 Å². The molecular weight excluding hydrogens is 741 g/mol. The van der Waals surface area contributed by atoms with Crippen LogP contribution in [0, 0.1) is 11.8 Å². The van der Waals surface area contributed by atoms with E-state index in [1.165, 1.54) is 17.2 Å². The zero-order chi connectivity index (χ0) is 41.2. The van der Waals surface area contributed by atoms with Gasteiger partial charge in [0.25, 0.3) is 11.8 Å². The SMILES string of the molecule is CCN1CCN(C(=O)c2ccc(NC(=O)Cc3cccc(C#Cc4cnc(N)nc4-c4cc5c(n4C)CCN(C(=O)OC(C)(C)C)C5=O)c3)cc2C(F)(F)F)CC1. The number of fused-ring (bicyclic) bond motifs is 1. The van der Waals surface area contributed by atoms with Gasteiger partial charge < -0.3 is 30.2 Å². The molecule has 2 aliphatic heterocycles. The number of imide groups is 1. The number of ether oxygens (including phenoxy) is 1. The molecule has 0 saturated carbocycles. The number of carbonyl (C=O) groups is 4. The van der Waals surface area contributed by atoms with Crippen LogP contribution < -0.4 is 11.1 Å². The van der Waals surface area contributed by atoms with Gasteiger partial charge in [-0.25, -0.2) is 19.7 Å². The topological polar surface area (TPSA) is 156 Å². The minimum atomic E-state index is -4.82. The van der Waals surface area contributed by atoms with Crippen LogP contribution in [0.2, 0.25) is 0 Å². The summed E-state index contributed by atoms with van der Waals surface area (Å²) in [6.07, 6.45) is -3.86. The molecule has 2 aromatic carbocycles. The maximum absolute atomic E-state index is 14.2.